The quantitative estimate of drug-likeness (QED) is 0.579. The Labute approximate surface area is 139 Å². The van der Waals surface area contributed by atoms with Crippen molar-refractivity contribution in [3.63, 3.8) is 0 Å². The number of methoxy groups -OCH3 is 1. The molecular formula is C18H19NO5. The number of ether oxygens (including phenoxy) is 1. The summed E-state index contributed by atoms with van der Waals surface area (Å²) in [5.41, 5.74) is 1.73. The predicted octanol–water partition coefficient (Wildman–Crippen LogP) is 2.70. The number of hydrogen-bond acceptors (Lipinski definition) is 5. The molecule has 0 radical (unpaired) electrons. The molecular weight excluding hydrogens is 310 g/mol. The SMILES string of the molecule is COC(=O)c1ccc(NC(=O)C(C)Cc2ccc(O)c(O)c2)cc1. The number of rotatable bonds is 5. The summed E-state index contributed by atoms with van der Waals surface area (Å²) < 4.78 is 4.62. The van der Waals surface area contributed by atoms with Crippen molar-refractivity contribution < 1.29 is 24.5 Å². The van der Waals surface area contributed by atoms with E-state index in [0.29, 0.717) is 17.7 Å². The van der Waals surface area contributed by atoms with Crippen molar-refractivity contribution in [2.45, 2.75) is 13.3 Å². The van der Waals surface area contributed by atoms with Gasteiger partial charge in [-0.1, -0.05) is 13.0 Å². The molecule has 1 unspecified atom stereocenters. The van der Waals surface area contributed by atoms with Crippen molar-refractivity contribution in [3.8, 4) is 11.5 Å². The lowest BCUT2D eigenvalue weighted by atomic mass is 10.00. The van der Waals surface area contributed by atoms with Crippen molar-refractivity contribution in [1.82, 2.24) is 0 Å². The summed E-state index contributed by atoms with van der Waals surface area (Å²) >= 11 is 0. The summed E-state index contributed by atoms with van der Waals surface area (Å²) in [5.74, 6) is -1.36. The normalized spacial score (nSPS) is 11.6. The van der Waals surface area contributed by atoms with Crippen LogP contribution in [0.4, 0.5) is 5.69 Å². The van der Waals surface area contributed by atoms with E-state index in [1.165, 1.54) is 19.2 Å². The number of anilines is 1. The number of hydrogen-bond donors (Lipinski definition) is 3. The molecule has 3 N–H and O–H groups in total. The third kappa shape index (κ3) is 4.25. The van der Waals surface area contributed by atoms with Crippen molar-refractivity contribution >= 4 is 17.6 Å². The van der Waals surface area contributed by atoms with Gasteiger partial charge in [0.05, 0.1) is 12.7 Å². The molecule has 0 spiro atoms. The Hall–Kier alpha value is -3.02. The molecule has 6 heteroatoms. The third-order valence-electron chi connectivity index (χ3n) is 3.60. The van der Waals surface area contributed by atoms with Crippen molar-refractivity contribution in [3.05, 3.63) is 53.6 Å². The molecule has 24 heavy (non-hydrogen) atoms. The number of phenolic OH excluding ortho intramolecular Hbond substituents is 2. The second-order valence-electron chi connectivity index (χ2n) is 5.49. The molecule has 0 fully saturated rings. The molecule has 0 aliphatic rings. The number of carbonyl (C=O) groups is 2. The molecule has 0 aliphatic heterocycles. The maximum Gasteiger partial charge on any atom is 0.337 e. The van der Waals surface area contributed by atoms with E-state index >= 15 is 0 Å². The molecule has 1 atom stereocenters. The van der Waals surface area contributed by atoms with E-state index in [0.717, 1.165) is 5.56 Å². The highest BCUT2D eigenvalue weighted by Gasteiger charge is 2.15. The second kappa shape index (κ2) is 7.50. The first kappa shape index (κ1) is 17.3. The van der Waals surface area contributed by atoms with Crippen LogP contribution in [0.25, 0.3) is 0 Å². The van der Waals surface area contributed by atoms with Crippen LogP contribution >= 0.6 is 0 Å². The van der Waals surface area contributed by atoms with Crippen LogP contribution in [0, 0.1) is 5.92 Å². The average Bonchev–Trinajstić information content (AvgIpc) is 2.58. The first-order valence-electron chi connectivity index (χ1n) is 7.41. The third-order valence-corrected chi connectivity index (χ3v) is 3.60. The zero-order chi connectivity index (χ0) is 17.7. The molecule has 0 saturated heterocycles. The maximum absolute atomic E-state index is 12.2. The maximum atomic E-state index is 12.2. The topological polar surface area (TPSA) is 95.9 Å². The number of esters is 1. The van der Waals surface area contributed by atoms with Crippen molar-refractivity contribution in [1.29, 1.82) is 0 Å². The van der Waals surface area contributed by atoms with Crippen LogP contribution in [0.2, 0.25) is 0 Å². The summed E-state index contributed by atoms with van der Waals surface area (Å²) in [5, 5.41) is 21.6. The summed E-state index contributed by atoms with van der Waals surface area (Å²) in [7, 11) is 1.31. The highest BCUT2D eigenvalue weighted by molar-refractivity contribution is 5.94. The summed E-state index contributed by atoms with van der Waals surface area (Å²) in [6.07, 6.45) is 0.417. The van der Waals surface area contributed by atoms with Crippen molar-refractivity contribution in [2.75, 3.05) is 12.4 Å². The molecule has 0 aliphatic carbocycles. The standard InChI is InChI=1S/C18H19NO5/c1-11(9-12-3-8-15(20)16(21)10-12)17(22)19-14-6-4-13(5-7-14)18(23)24-2/h3-8,10-11,20-21H,9H2,1-2H3,(H,19,22). The number of nitrogens with one attached hydrogen (secondary N) is 1. The highest BCUT2D eigenvalue weighted by atomic mass is 16.5. The average molecular weight is 329 g/mol. The largest absolute Gasteiger partial charge is 0.504 e. The lowest BCUT2D eigenvalue weighted by molar-refractivity contribution is -0.119. The molecule has 2 aromatic rings. The van der Waals surface area contributed by atoms with E-state index in [9.17, 15) is 19.8 Å². The second-order valence-corrected chi connectivity index (χ2v) is 5.49. The monoisotopic (exact) mass is 329 g/mol. The van der Waals surface area contributed by atoms with Crippen LogP contribution in [-0.2, 0) is 16.0 Å². The number of phenols is 2. The van der Waals surface area contributed by atoms with Gasteiger partial charge in [-0.3, -0.25) is 4.79 Å². The van der Waals surface area contributed by atoms with E-state index < -0.39 is 5.97 Å². The van der Waals surface area contributed by atoms with Crippen LogP contribution in [0.5, 0.6) is 11.5 Å². The fourth-order valence-electron chi connectivity index (χ4n) is 2.22. The van der Waals surface area contributed by atoms with Crippen LogP contribution < -0.4 is 5.32 Å². The zero-order valence-corrected chi connectivity index (χ0v) is 13.4. The Morgan fingerprint density at radius 2 is 1.75 bits per heavy atom. The Balaban J connectivity index is 1.98. The number of benzene rings is 2. The minimum Gasteiger partial charge on any atom is -0.504 e. The van der Waals surface area contributed by atoms with Gasteiger partial charge in [0.2, 0.25) is 5.91 Å². The first-order valence-corrected chi connectivity index (χ1v) is 7.41. The van der Waals surface area contributed by atoms with E-state index in [2.05, 4.69) is 10.1 Å². The Morgan fingerprint density at radius 1 is 1.08 bits per heavy atom. The van der Waals surface area contributed by atoms with Gasteiger partial charge in [0.25, 0.3) is 0 Å². The molecule has 0 bridgehead atoms. The fourth-order valence-corrected chi connectivity index (χ4v) is 2.22. The van der Waals surface area contributed by atoms with Gasteiger partial charge in [0.1, 0.15) is 0 Å². The van der Waals surface area contributed by atoms with Gasteiger partial charge in [0.15, 0.2) is 11.5 Å². The zero-order valence-electron chi connectivity index (χ0n) is 13.4. The van der Waals surface area contributed by atoms with Crippen molar-refractivity contribution in [2.24, 2.45) is 5.92 Å². The molecule has 0 saturated carbocycles. The number of amides is 1. The lowest BCUT2D eigenvalue weighted by Crippen LogP contribution is -2.22. The number of aromatic hydroxyl groups is 2. The Bertz CT molecular complexity index is 740. The summed E-state index contributed by atoms with van der Waals surface area (Å²) in [6.45, 7) is 1.77. The molecule has 2 aromatic carbocycles. The van der Waals surface area contributed by atoms with Crippen LogP contribution in [-0.4, -0.2) is 29.2 Å². The molecule has 0 aromatic heterocycles. The van der Waals surface area contributed by atoms with Crippen LogP contribution in [0.15, 0.2) is 42.5 Å². The summed E-state index contributed by atoms with van der Waals surface area (Å²) in [6, 6.07) is 10.9. The lowest BCUT2D eigenvalue weighted by Gasteiger charge is -2.13. The van der Waals surface area contributed by atoms with E-state index in [1.54, 1.807) is 37.3 Å². The highest BCUT2D eigenvalue weighted by Crippen LogP contribution is 2.26. The van der Waals surface area contributed by atoms with Gasteiger partial charge in [-0.25, -0.2) is 4.79 Å². The molecule has 2 rings (SSSR count). The van der Waals surface area contributed by atoms with E-state index in [4.69, 9.17) is 0 Å². The predicted molar refractivity (Wildman–Crippen MR) is 89.1 cm³/mol. The van der Waals surface area contributed by atoms with Gasteiger partial charge in [-0.2, -0.15) is 0 Å². The minimum absolute atomic E-state index is 0.187. The molecule has 6 nitrogen and oxygen atoms in total. The Kier molecular flexibility index (Phi) is 5.42. The number of carbonyl (C=O) groups excluding carboxylic acids is 2. The fraction of sp³-hybridized carbons (Fsp3) is 0.222. The Morgan fingerprint density at radius 3 is 2.33 bits per heavy atom. The summed E-state index contributed by atoms with van der Waals surface area (Å²) in [4.78, 5) is 23.6. The van der Waals surface area contributed by atoms with Crippen LogP contribution in [0.3, 0.4) is 0 Å². The van der Waals surface area contributed by atoms with Gasteiger partial charge in [0, 0.05) is 11.6 Å². The molecule has 126 valence electrons. The van der Waals surface area contributed by atoms with E-state index in [-0.39, 0.29) is 23.3 Å². The molecule has 1 amide bonds. The minimum atomic E-state index is -0.437. The van der Waals surface area contributed by atoms with E-state index in [1.807, 2.05) is 0 Å². The van der Waals surface area contributed by atoms with Gasteiger partial charge in [-0.15, -0.1) is 0 Å². The molecule has 0 heterocycles. The smallest absolute Gasteiger partial charge is 0.337 e. The van der Waals surface area contributed by atoms with Gasteiger partial charge in [-0.05, 0) is 48.4 Å². The van der Waals surface area contributed by atoms with Gasteiger partial charge < -0.3 is 20.3 Å². The first-order chi connectivity index (χ1) is 11.4. The van der Waals surface area contributed by atoms with Crippen LogP contribution in [0.1, 0.15) is 22.8 Å². The van der Waals surface area contributed by atoms with Gasteiger partial charge >= 0.3 is 5.97 Å².